The van der Waals surface area contributed by atoms with Gasteiger partial charge in [0.25, 0.3) is 0 Å². The summed E-state index contributed by atoms with van der Waals surface area (Å²) in [6.07, 6.45) is 6.69. The molecule has 2 N–H and O–H groups in total. The molecule has 0 bridgehead atoms. The SMILES string of the molecule is CCCCCCCC(=O)N1CCN(C(C)C(N)=S)CC1. The van der Waals surface area contributed by atoms with E-state index in [9.17, 15) is 4.79 Å². The van der Waals surface area contributed by atoms with Gasteiger partial charge >= 0.3 is 0 Å². The first kappa shape index (κ1) is 17.4. The highest BCUT2D eigenvalue weighted by Gasteiger charge is 2.24. The molecule has 1 heterocycles. The smallest absolute Gasteiger partial charge is 0.222 e. The molecule has 116 valence electrons. The quantitative estimate of drug-likeness (QED) is 0.551. The average molecular weight is 299 g/mol. The predicted octanol–water partition coefficient (Wildman–Crippen LogP) is 2.17. The van der Waals surface area contributed by atoms with Crippen molar-refractivity contribution in [3.8, 4) is 0 Å². The molecular formula is C15H29N3OS. The second-order valence-electron chi connectivity index (χ2n) is 5.66. The van der Waals surface area contributed by atoms with Gasteiger partial charge < -0.3 is 10.6 Å². The fraction of sp³-hybridized carbons (Fsp3) is 0.867. The Bertz CT molecular complexity index is 314. The Labute approximate surface area is 128 Å². The Balaban J connectivity index is 2.20. The molecule has 20 heavy (non-hydrogen) atoms. The van der Waals surface area contributed by atoms with Gasteiger partial charge in [-0.05, 0) is 13.3 Å². The second kappa shape index (κ2) is 9.29. The van der Waals surface area contributed by atoms with E-state index in [4.69, 9.17) is 18.0 Å². The first-order chi connectivity index (χ1) is 9.56. The molecule has 1 rings (SSSR count). The summed E-state index contributed by atoms with van der Waals surface area (Å²) in [5.41, 5.74) is 5.68. The van der Waals surface area contributed by atoms with Gasteiger partial charge in [-0.25, -0.2) is 0 Å². The minimum Gasteiger partial charge on any atom is -0.392 e. The number of nitrogens with zero attached hydrogens (tertiary/aromatic N) is 2. The van der Waals surface area contributed by atoms with Crippen molar-refractivity contribution in [3.05, 3.63) is 0 Å². The molecular weight excluding hydrogens is 270 g/mol. The molecule has 0 aromatic rings. The number of thiocarbonyl (C=S) groups is 1. The van der Waals surface area contributed by atoms with E-state index in [-0.39, 0.29) is 6.04 Å². The number of nitrogens with two attached hydrogens (primary N) is 1. The van der Waals surface area contributed by atoms with Gasteiger partial charge in [0.2, 0.25) is 5.91 Å². The number of amides is 1. The van der Waals surface area contributed by atoms with Crippen LogP contribution >= 0.6 is 12.2 Å². The lowest BCUT2D eigenvalue weighted by atomic mass is 10.1. The maximum absolute atomic E-state index is 12.1. The molecule has 1 fully saturated rings. The van der Waals surface area contributed by atoms with Crippen LogP contribution in [-0.4, -0.2) is 52.9 Å². The van der Waals surface area contributed by atoms with Gasteiger partial charge in [0.1, 0.15) is 0 Å². The molecule has 1 amide bonds. The van der Waals surface area contributed by atoms with Gasteiger partial charge in [-0.3, -0.25) is 9.69 Å². The molecule has 0 spiro atoms. The first-order valence-electron chi connectivity index (χ1n) is 7.87. The van der Waals surface area contributed by atoms with Gasteiger partial charge in [-0.2, -0.15) is 0 Å². The Morgan fingerprint density at radius 1 is 1.15 bits per heavy atom. The molecule has 1 atom stereocenters. The lowest BCUT2D eigenvalue weighted by molar-refractivity contribution is -0.133. The summed E-state index contributed by atoms with van der Waals surface area (Å²) >= 11 is 5.03. The van der Waals surface area contributed by atoms with E-state index in [1.807, 2.05) is 11.8 Å². The summed E-state index contributed by atoms with van der Waals surface area (Å²) in [6.45, 7) is 7.61. The molecule has 0 aromatic carbocycles. The van der Waals surface area contributed by atoms with Crippen LogP contribution in [0.2, 0.25) is 0 Å². The molecule has 1 aliphatic rings. The van der Waals surface area contributed by atoms with Gasteiger partial charge in [-0.1, -0.05) is 44.8 Å². The summed E-state index contributed by atoms with van der Waals surface area (Å²) in [6, 6.07) is 0.135. The van der Waals surface area contributed by atoms with Gasteiger partial charge in [0.05, 0.1) is 11.0 Å². The van der Waals surface area contributed by atoms with E-state index >= 15 is 0 Å². The van der Waals surface area contributed by atoms with Crippen LogP contribution in [0.1, 0.15) is 52.4 Å². The zero-order chi connectivity index (χ0) is 15.0. The van der Waals surface area contributed by atoms with Gasteiger partial charge in [-0.15, -0.1) is 0 Å². The summed E-state index contributed by atoms with van der Waals surface area (Å²) in [5.74, 6) is 0.309. The zero-order valence-electron chi connectivity index (χ0n) is 12.9. The normalized spacial score (nSPS) is 18.0. The summed E-state index contributed by atoms with van der Waals surface area (Å²) < 4.78 is 0. The van der Waals surface area contributed by atoms with Crippen molar-refractivity contribution >= 4 is 23.1 Å². The molecule has 1 saturated heterocycles. The Kier molecular flexibility index (Phi) is 8.07. The highest BCUT2D eigenvalue weighted by Crippen LogP contribution is 2.11. The van der Waals surface area contributed by atoms with E-state index in [0.29, 0.717) is 17.3 Å². The molecule has 5 heteroatoms. The van der Waals surface area contributed by atoms with E-state index in [0.717, 1.165) is 32.6 Å². The van der Waals surface area contributed by atoms with Crippen molar-refractivity contribution in [1.82, 2.24) is 9.80 Å². The lowest BCUT2D eigenvalue weighted by Gasteiger charge is -2.37. The van der Waals surface area contributed by atoms with E-state index in [1.54, 1.807) is 0 Å². The molecule has 0 radical (unpaired) electrons. The van der Waals surface area contributed by atoms with Crippen LogP contribution in [0.4, 0.5) is 0 Å². The minimum absolute atomic E-state index is 0.135. The number of hydrogen-bond donors (Lipinski definition) is 1. The molecule has 0 saturated carbocycles. The highest BCUT2D eigenvalue weighted by atomic mass is 32.1. The standard InChI is InChI=1S/C15H29N3OS/c1-3-4-5-6-7-8-14(19)18-11-9-17(10-12-18)13(2)15(16)20/h13H,3-12H2,1-2H3,(H2,16,20). The topological polar surface area (TPSA) is 49.6 Å². The molecule has 0 aromatic heterocycles. The fourth-order valence-electron chi connectivity index (χ4n) is 2.58. The highest BCUT2D eigenvalue weighted by molar-refractivity contribution is 7.80. The molecule has 0 aliphatic carbocycles. The van der Waals surface area contributed by atoms with Crippen LogP contribution < -0.4 is 5.73 Å². The minimum atomic E-state index is 0.135. The van der Waals surface area contributed by atoms with Crippen molar-refractivity contribution in [1.29, 1.82) is 0 Å². The number of unbranched alkanes of at least 4 members (excludes halogenated alkanes) is 4. The monoisotopic (exact) mass is 299 g/mol. The predicted molar refractivity (Wildman–Crippen MR) is 87.8 cm³/mol. The Morgan fingerprint density at radius 2 is 1.75 bits per heavy atom. The maximum Gasteiger partial charge on any atom is 0.222 e. The number of hydrogen-bond acceptors (Lipinski definition) is 3. The zero-order valence-corrected chi connectivity index (χ0v) is 13.8. The maximum atomic E-state index is 12.1. The second-order valence-corrected chi connectivity index (χ2v) is 6.13. The molecule has 1 aliphatic heterocycles. The summed E-state index contributed by atoms with van der Waals surface area (Å²) in [7, 11) is 0. The van der Waals surface area contributed by atoms with Crippen molar-refractivity contribution in [2.75, 3.05) is 26.2 Å². The van der Waals surface area contributed by atoms with E-state index in [1.165, 1.54) is 25.7 Å². The average Bonchev–Trinajstić information content (AvgIpc) is 2.46. The largest absolute Gasteiger partial charge is 0.392 e. The van der Waals surface area contributed by atoms with Crippen LogP contribution in [0.15, 0.2) is 0 Å². The van der Waals surface area contributed by atoms with Crippen molar-refractivity contribution in [2.45, 2.75) is 58.4 Å². The van der Waals surface area contributed by atoms with Gasteiger partial charge in [0.15, 0.2) is 0 Å². The Morgan fingerprint density at radius 3 is 2.30 bits per heavy atom. The van der Waals surface area contributed by atoms with Crippen molar-refractivity contribution < 1.29 is 4.79 Å². The third kappa shape index (κ3) is 5.75. The van der Waals surface area contributed by atoms with Crippen molar-refractivity contribution in [3.63, 3.8) is 0 Å². The van der Waals surface area contributed by atoms with Crippen LogP contribution in [0, 0.1) is 0 Å². The fourth-order valence-corrected chi connectivity index (χ4v) is 2.73. The number of piperazine rings is 1. The lowest BCUT2D eigenvalue weighted by Crippen LogP contribution is -2.53. The first-order valence-corrected chi connectivity index (χ1v) is 8.28. The van der Waals surface area contributed by atoms with Crippen LogP contribution in [-0.2, 0) is 4.79 Å². The molecule has 1 unspecified atom stereocenters. The summed E-state index contributed by atoms with van der Waals surface area (Å²) in [5, 5.41) is 0. The van der Waals surface area contributed by atoms with Crippen LogP contribution in [0.3, 0.4) is 0 Å². The third-order valence-electron chi connectivity index (χ3n) is 4.12. The van der Waals surface area contributed by atoms with E-state index in [2.05, 4.69) is 11.8 Å². The van der Waals surface area contributed by atoms with Gasteiger partial charge in [0, 0.05) is 32.6 Å². The van der Waals surface area contributed by atoms with Crippen LogP contribution in [0.5, 0.6) is 0 Å². The number of carbonyl (C=O) groups excluding carboxylic acids is 1. The third-order valence-corrected chi connectivity index (χ3v) is 4.46. The molecule has 4 nitrogen and oxygen atoms in total. The number of carbonyl (C=O) groups is 1. The Hall–Kier alpha value is -0.680. The summed E-state index contributed by atoms with van der Waals surface area (Å²) in [4.78, 5) is 16.9. The van der Waals surface area contributed by atoms with Crippen molar-refractivity contribution in [2.24, 2.45) is 5.73 Å². The van der Waals surface area contributed by atoms with Crippen LogP contribution in [0.25, 0.3) is 0 Å². The number of rotatable bonds is 8. The van der Waals surface area contributed by atoms with E-state index < -0.39 is 0 Å².